The van der Waals surface area contributed by atoms with E-state index in [0.29, 0.717) is 32.8 Å². The SMILES string of the molecule is CCCN(CCC)c1nc2c(C)cccn2c(=O)c1/C=C1\SC(=S)N(C[C@H]2CCCO2)C1=O. The third-order valence-corrected chi connectivity index (χ3v) is 7.29. The van der Waals surface area contributed by atoms with E-state index in [0.717, 1.165) is 50.9 Å². The Kier molecular flexibility index (Phi) is 7.51. The summed E-state index contributed by atoms with van der Waals surface area (Å²) in [6.07, 6.45) is 7.22. The quantitative estimate of drug-likeness (QED) is 0.413. The van der Waals surface area contributed by atoms with Crippen LogP contribution in [0.4, 0.5) is 5.82 Å². The maximum atomic E-state index is 13.6. The van der Waals surface area contributed by atoms with Gasteiger partial charge >= 0.3 is 0 Å². The van der Waals surface area contributed by atoms with E-state index in [1.165, 1.54) is 11.8 Å². The number of hydrogen-bond acceptors (Lipinski definition) is 7. The summed E-state index contributed by atoms with van der Waals surface area (Å²) < 4.78 is 7.77. The van der Waals surface area contributed by atoms with E-state index in [1.807, 2.05) is 19.1 Å². The molecule has 0 N–H and O–H groups in total. The van der Waals surface area contributed by atoms with Crippen LogP contribution >= 0.6 is 24.0 Å². The Labute approximate surface area is 203 Å². The number of fused-ring (bicyclic) bond motifs is 1. The molecule has 0 saturated carbocycles. The highest BCUT2D eigenvalue weighted by Crippen LogP contribution is 2.34. The minimum atomic E-state index is -0.180. The van der Waals surface area contributed by atoms with E-state index in [4.69, 9.17) is 21.9 Å². The van der Waals surface area contributed by atoms with Crippen molar-refractivity contribution < 1.29 is 9.53 Å². The zero-order valence-corrected chi connectivity index (χ0v) is 21.0. The van der Waals surface area contributed by atoms with Gasteiger partial charge in [0.05, 0.1) is 23.1 Å². The highest BCUT2D eigenvalue weighted by Gasteiger charge is 2.35. The number of anilines is 1. The van der Waals surface area contributed by atoms with E-state index in [2.05, 4.69) is 18.7 Å². The third-order valence-electron chi connectivity index (χ3n) is 5.91. The fourth-order valence-corrected chi connectivity index (χ4v) is 5.57. The number of amides is 1. The van der Waals surface area contributed by atoms with Crippen LogP contribution < -0.4 is 10.5 Å². The summed E-state index contributed by atoms with van der Waals surface area (Å²) in [5.41, 5.74) is 1.81. The molecule has 2 aromatic rings. The Morgan fingerprint density at radius 1 is 1.30 bits per heavy atom. The molecule has 0 radical (unpaired) electrons. The van der Waals surface area contributed by atoms with Gasteiger partial charge in [0, 0.05) is 25.9 Å². The van der Waals surface area contributed by atoms with Crippen LogP contribution in [0.25, 0.3) is 11.7 Å². The molecule has 4 heterocycles. The van der Waals surface area contributed by atoms with Crippen molar-refractivity contribution in [1.29, 1.82) is 0 Å². The van der Waals surface area contributed by atoms with Crippen molar-refractivity contribution in [3.05, 3.63) is 44.7 Å². The van der Waals surface area contributed by atoms with Crippen LogP contribution in [0.15, 0.2) is 28.0 Å². The topological polar surface area (TPSA) is 67.2 Å². The number of nitrogens with zero attached hydrogens (tertiary/aromatic N) is 4. The molecule has 0 aromatic carbocycles. The van der Waals surface area contributed by atoms with Crippen molar-refractivity contribution in [3.8, 4) is 0 Å². The minimum Gasteiger partial charge on any atom is -0.376 e. The molecule has 2 aliphatic heterocycles. The summed E-state index contributed by atoms with van der Waals surface area (Å²) in [6, 6.07) is 3.79. The largest absolute Gasteiger partial charge is 0.376 e. The smallest absolute Gasteiger partial charge is 0.267 e. The molecule has 9 heteroatoms. The van der Waals surface area contributed by atoms with Gasteiger partial charge in [-0.1, -0.05) is 43.9 Å². The number of aryl methyl sites for hydroxylation is 1. The second-order valence-corrected chi connectivity index (χ2v) is 10.1. The van der Waals surface area contributed by atoms with Crippen LogP contribution in [0, 0.1) is 6.92 Å². The predicted octanol–water partition coefficient (Wildman–Crippen LogP) is 4.01. The Balaban J connectivity index is 1.80. The molecule has 1 amide bonds. The monoisotopic (exact) mass is 486 g/mol. The molecular weight excluding hydrogens is 456 g/mol. The number of rotatable bonds is 8. The second-order valence-electron chi connectivity index (χ2n) is 8.45. The standard InChI is InChI=1S/C24H30N4O3S2/c1-4-10-26(11-5-2)21-18(22(29)27-12-6-8-16(3)20(27)25-21)14-19-23(30)28(24(32)33-19)15-17-9-7-13-31-17/h6,8,12,14,17H,4-5,7,9-11,13,15H2,1-3H3/b19-14-/t17-/m1/s1. The van der Waals surface area contributed by atoms with Crippen molar-refractivity contribution in [3.63, 3.8) is 0 Å². The van der Waals surface area contributed by atoms with Gasteiger partial charge in [-0.15, -0.1) is 0 Å². The molecule has 2 aromatic heterocycles. The summed E-state index contributed by atoms with van der Waals surface area (Å²) in [7, 11) is 0. The lowest BCUT2D eigenvalue weighted by Gasteiger charge is -2.25. The number of carbonyl (C=O) groups excluding carboxylic acids is 1. The highest BCUT2D eigenvalue weighted by molar-refractivity contribution is 8.26. The first-order valence-corrected chi connectivity index (χ1v) is 12.8. The van der Waals surface area contributed by atoms with Crippen LogP contribution in [-0.2, 0) is 9.53 Å². The van der Waals surface area contributed by atoms with Crippen molar-refractivity contribution in [2.75, 3.05) is 31.1 Å². The number of thiocarbonyl (C=S) groups is 1. The number of pyridine rings is 1. The zero-order valence-electron chi connectivity index (χ0n) is 19.4. The maximum Gasteiger partial charge on any atom is 0.267 e. The summed E-state index contributed by atoms with van der Waals surface area (Å²) in [4.78, 5) is 36.0. The molecule has 0 bridgehead atoms. The van der Waals surface area contributed by atoms with Crippen LogP contribution in [-0.4, -0.2) is 56.9 Å². The average Bonchev–Trinajstić information content (AvgIpc) is 3.40. The fraction of sp³-hybridized carbons (Fsp3) is 0.500. The van der Waals surface area contributed by atoms with Crippen molar-refractivity contribution in [1.82, 2.24) is 14.3 Å². The Bertz CT molecular complexity index is 1150. The molecular formula is C24H30N4O3S2. The molecule has 2 saturated heterocycles. The molecule has 2 aliphatic rings. The van der Waals surface area contributed by atoms with Crippen LogP contribution in [0.3, 0.4) is 0 Å². The van der Waals surface area contributed by atoms with Gasteiger partial charge in [0.1, 0.15) is 15.8 Å². The van der Waals surface area contributed by atoms with E-state index in [-0.39, 0.29) is 17.6 Å². The van der Waals surface area contributed by atoms with E-state index < -0.39 is 0 Å². The molecule has 0 aliphatic carbocycles. The van der Waals surface area contributed by atoms with Gasteiger partial charge in [0.25, 0.3) is 11.5 Å². The summed E-state index contributed by atoms with van der Waals surface area (Å²) in [5, 5.41) is 0. The van der Waals surface area contributed by atoms with Crippen LogP contribution in [0.2, 0.25) is 0 Å². The normalized spacial score (nSPS) is 19.9. The zero-order chi connectivity index (χ0) is 23.5. The average molecular weight is 487 g/mol. The first-order valence-electron chi connectivity index (χ1n) is 11.6. The van der Waals surface area contributed by atoms with E-state index >= 15 is 0 Å². The van der Waals surface area contributed by atoms with Gasteiger partial charge in [-0.05, 0) is 50.3 Å². The Morgan fingerprint density at radius 3 is 2.73 bits per heavy atom. The lowest BCUT2D eigenvalue weighted by Crippen LogP contribution is -2.35. The summed E-state index contributed by atoms with van der Waals surface area (Å²) >= 11 is 6.75. The molecule has 0 unspecified atom stereocenters. The Hall–Kier alpha value is -2.23. The minimum absolute atomic E-state index is 0.0166. The van der Waals surface area contributed by atoms with Crippen LogP contribution in [0.5, 0.6) is 0 Å². The maximum absolute atomic E-state index is 13.6. The third kappa shape index (κ3) is 4.85. The van der Waals surface area contributed by atoms with Crippen molar-refractivity contribution in [2.45, 2.75) is 52.6 Å². The lowest BCUT2D eigenvalue weighted by atomic mass is 10.2. The molecule has 33 heavy (non-hydrogen) atoms. The Morgan fingerprint density at radius 2 is 2.06 bits per heavy atom. The second kappa shape index (κ2) is 10.4. The van der Waals surface area contributed by atoms with Gasteiger partial charge in [-0.3, -0.25) is 18.9 Å². The van der Waals surface area contributed by atoms with Gasteiger partial charge < -0.3 is 9.64 Å². The molecule has 0 spiro atoms. The first-order chi connectivity index (χ1) is 15.9. The summed E-state index contributed by atoms with van der Waals surface area (Å²) in [6.45, 7) is 8.91. The molecule has 4 rings (SSSR count). The number of hydrogen-bond donors (Lipinski definition) is 0. The van der Waals surface area contributed by atoms with Crippen molar-refractivity contribution >= 4 is 51.7 Å². The van der Waals surface area contributed by atoms with Crippen molar-refractivity contribution in [2.24, 2.45) is 0 Å². The lowest BCUT2D eigenvalue weighted by molar-refractivity contribution is -0.123. The van der Waals surface area contributed by atoms with Gasteiger partial charge in [0.15, 0.2) is 0 Å². The molecule has 2 fully saturated rings. The number of aromatic nitrogens is 2. The molecule has 176 valence electrons. The predicted molar refractivity (Wildman–Crippen MR) is 138 cm³/mol. The summed E-state index contributed by atoms with van der Waals surface area (Å²) in [5.74, 6) is 0.458. The van der Waals surface area contributed by atoms with Gasteiger partial charge in [0.2, 0.25) is 0 Å². The molecule has 1 atom stereocenters. The molecule has 7 nitrogen and oxygen atoms in total. The number of carbonyl (C=O) groups is 1. The van der Waals surface area contributed by atoms with E-state index in [9.17, 15) is 9.59 Å². The van der Waals surface area contributed by atoms with Gasteiger partial charge in [-0.2, -0.15) is 0 Å². The number of thioether (sulfide) groups is 1. The highest BCUT2D eigenvalue weighted by atomic mass is 32.2. The fourth-order valence-electron chi connectivity index (χ4n) is 4.31. The first kappa shape index (κ1) is 23.9. The van der Waals surface area contributed by atoms with Crippen LogP contribution in [0.1, 0.15) is 50.7 Å². The van der Waals surface area contributed by atoms with Gasteiger partial charge in [-0.25, -0.2) is 4.98 Å². The number of ether oxygens (including phenoxy) is 1. The van der Waals surface area contributed by atoms with E-state index in [1.54, 1.807) is 21.6 Å².